The third-order valence-electron chi connectivity index (χ3n) is 5.05. The molecule has 1 aliphatic rings. The van der Waals surface area contributed by atoms with Crippen LogP contribution in [0, 0.1) is 6.92 Å². The number of amides is 2. The average molecular weight is 441 g/mol. The Labute approximate surface area is 181 Å². The second-order valence-corrected chi connectivity index (χ2v) is 7.28. The fourth-order valence-electron chi connectivity index (χ4n) is 3.40. The van der Waals surface area contributed by atoms with Crippen molar-refractivity contribution >= 4 is 17.5 Å². The zero-order chi connectivity index (χ0) is 22.9. The number of aromatic nitrogens is 1. The van der Waals surface area contributed by atoms with Crippen LogP contribution in [0.2, 0.25) is 0 Å². The Kier molecular flexibility index (Phi) is 5.56. The molecular weight excluding hydrogens is 423 g/mol. The van der Waals surface area contributed by atoms with E-state index in [4.69, 9.17) is 4.74 Å². The van der Waals surface area contributed by atoms with Gasteiger partial charge < -0.3 is 15.4 Å². The highest BCUT2D eigenvalue weighted by atomic mass is 19.4. The van der Waals surface area contributed by atoms with Crippen LogP contribution in [-0.4, -0.2) is 23.4 Å². The Bertz CT molecular complexity index is 1180. The van der Waals surface area contributed by atoms with Crippen LogP contribution in [0.25, 0.3) is 0 Å². The molecule has 0 aliphatic carbocycles. The number of pyridine rings is 1. The molecule has 9 heteroatoms. The van der Waals surface area contributed by atoms with Gasteiger partial charge in [0.1, 0.15) is 5.75 Å². The number of carbonyl (C=O) groups excluding carboxylic acids is 2. The minimum Gasteiger partial charge on any atom is -0.482 e. The van der Waals surface area contributed by atoms with Crippen molar-refractivity contribution in [3.05, 3.63) is 88.7 Å². The number of aryl methyl sites for hydroxylation is 1. The number of carbonyl (C=O) groups is 2. The van der Waals surface area contributed by atoms with Crippen molar-refractivity contribution in [1.82, 2.24) is 10.3 Å². The summed E-state index contributed by atoms with van der Waals surface area (Å²) in [6.45, 7) is 1.65. The second kappa shape index (κ2) is 8.33. The first kappa shape index (κ1) is 21.4. The summed E-state index contributed by atoms with van der Waals surface area (Å²) >= 11 is 0. The highest BCUT2D eigenvalue weighted by molar-refractivity contribution is 5.99. The quantitative estimate of drug-likeness (QED) is 0.634. The van der Waals surface area contributed by atoms with Gasteiger partial charge in [-0.25, -0.2) is 0 Å². The molecule has 164 valence electrons. The van der Waals surface area contributed by atoms with E-state index in [0.717, 1.165) is 17.7 Å². The molecule has 6 nitrogen and oxygen atoms in total. The number of ether oxygens (including phenoxy) is 1. The van der Waals surface area contributed by atoms with Gasteiger partial charge in [0.2, 0.25) is 0 Å². The third kappa shape index (κ3) is 4.41. The van der Waals surface area contributed by atoms with Crippen LogP contribution in [0.4, 0.5) is 18.9 Å². The number of hydrogen-bond acceptors (Lipinski definition) is 4. The van der Waals surface area contributed by atoms with Gasteiger partial charge in [-0.1, -0.05) is 18.2 Å². The molecule has 1 aromatic heterocycles. The highest BCUT2D eigenvalue weighted by Crippen LogP contribution is 2.32. The zero-order valence-corrected chi connectivity index (χ0v) is 16.9. The van der Waals surface area contributed by atoms with Crippen molar-refractivity contribution in [3.63, 3.8) is 0 Å². The molecule has 0 radical (unpaired) electrons. The number of nitrogens with zero attached hydrogens (tertiary/aromatic N) is 1. The Morgan fingerprint density at radius 1 is 1.16 bits per heavy atom. The number of hydrogen-bond donors (Lipinski definition) is 2. The Morgan fingerprint density at radius 2 is 1.91 bits per heavy atom. The van der Waals surface area contributed by atoms with Crippen LogP contribution in [0.5, 0.6) is 5.75 Å². The van der Waals surface area contributed by atoms with Gasteiger partial charge in [-0.05, 0) is 54.4 Å². The van der Waals surface area contributed by atoms with E-state index in [0.29, 0.717) is 22.7 Å². The summed E-state index contributed by atoms with van der Waals surface area (Å²) in [5, 5.41) is 5.50. The van der Waals surface area contributed by atoms with Crippen LogP contribution < -0.4 is 15.4 Å². The smallest absolute Gasteiger partial charge is 0.416 e. The molecular formula is C23H18F3N3O3. The van der Waals surface area contributed by atoms with Gasteiger partial charge in [0.15, 0.2) is 6.61 Å². The number of benzene rings is 2. The number of nitrogens with one attached hydrogen (secondary N) is 2. The lowest BCUT2D eigenvalue weighted by Crippen LogP contribution is -2.31. The van der Waals surface area contributed by atoms with Gasteiger partial charge in [0.05, 0.1) is 23.0 Å². The molecule has 2 amide bonds. The van der Waals surface area contributed by atoms with Crippen molar-refractivity contribution in [2.45, 2.75) is 19.1 Å². The molecule has 3 aromatic rings. The van der Waals surface area contributed by atoms with Crippen LogP contribution in [0.3, 0.4) is 0 Å². The Hall–Kier alpha value is -3.88. The van der Waals surface area contributed by atoms with E-state index in [1.54, 1.807) is 31.3 Å². The number of rotatable bonds is 4. The first-order valence-electron chi connectivity index (χ1n) is 9.68. The summed E-state index contributed by atoms with van der Waals surface area (Å²) in [7, 11) is 0. The molecule has 0 fully saturated rings. The summed E-state index contributed by atoms with van der Waals surface area (Å²) in [6.07, 6.45) is -2.91. The lowest BCUT2D eigenvalue weighted by molar-refractivity contribution is -0.137. The molecule has 4 rings (SSSR count). The summed E-state index contributed by atoms with van der Waals surface area (Å²) in [5.41, 5.74) is 1.69. The van der Waals surface area contributed by atoms with Crippen LogP contribution in [-0.2, 0) is 11.0 Å². The maximum atomic E-state index is 13.0. The number of fused-ring (bicyclic) bond motifs is 1. The molecule has 0 saturated heterocycles. The van der Waals surface area contributed by atoms with Gasteiger partial charge >= 0.3 is 6.18 Å². The minimum absolute atomic E-state index is 0.153. The highest BCUT2D eigenvalue weighted by Gasteiger charge is 2.31. The number of anilines is 1. The number of alkyl halides is 3. The van der Waals surface area contributed by atoms with Gasteiger partial charge in [0, 0.05) is 11.8 Å². The minimum atomic E-state index is -4.46. The van der Waals surface area contributed by atoms with E-state index in [9.17, 15) is 22.8 Å². The van der Waals surface area contributed by atoms with E-state index < -0.39 is 23.7 Å². The lowest BCUT2D eigenvalue weighted by atomic mass is 9.98. The van der Waals surface area contributed by atoms with E-state index >= 15 is 0 Å². The zero-order valence-electron chi connectivity index (χ0n) is 16.9. The normalized spacial score (nSPS) is 14.1. The molecule has 0 unspecified atom stereocenters. The van der Waals surface area contributed by atoms with Crippen molar-refractivity contribution in [2.24, 2.45) is 0 Å². The third-order valence-corrected chi connectivity index (χ3v) is 5.05. The molecule has 1 aliphatic heterocycles. The molecule has 1 atom stereocenters. The molecule has 0 spiro atoms. The van der Waals surface area contributed by atoms with E-state index in [1.807, 2.05) is 0 Å². The van der Waals surface area contributed by atoms with Gasteiger partial charge in [0.25, 0.3) is 11.8 Å². The van der Waals surface area contributed by atoms with Crippen molar-refractivity contribution in [3.8, 4) is 5.75 Å². The lowest BCUT2D eigenvalue weighted by Gasteiger charge is -2.22. The van der Waals surface area contributed by atoms with Crippen LogP contribution in [0.15, 0.2) is 60.8 Å². The molecule has 2 N–H and O–H groups in total. The fraction of sp³-hybridized carbons (Fsp3) is 0.174. The topological polar surface area (TPSA) is 80.3 Å². The molecule has 0 bridgehead atoms. The standard InChI is InChI=1S/C23H18F3N3O3/c1-13-3-2-10-27-20(13)21(14-4-7-16(8-5-14)23(24,25)26)29-22(31)15-6-9-17-18(11-15)32-12-19(30)28-17/h2-11,21H,12H2,1H3,(H,28,30)(H,29,31)/t21-/m0/s1. The second-order valence-electron chi connectivity index (χ2n) is 7.28. The molecule has 2 aromatic carbocycles. The van der Waals surface area contributed by atoms with Crippen molar-refractivity contribution in [1.29, 1.82) is 0 Å². The number of halogens is 3. The SMILES string of the molecule is Cc1cccnc1[C@@H](NC(=O)c1ccc2c(c1)OCC(=O)N2)c1ccc(C(F)(F)F)cc1. The van der Waals surface area contributed by atoms with Gasteiger partial charge in [-0.3, -0.25) is 14.6 Å². The van der Waals surface area contributed by atoms with Gasteiger partial charge in [-0.15, -0.1) is 0 Å². The van der Waals surface area contributed by atoms with E-state index in [2.05, 4.69) is 15.6 Å². The van der Waals surface area contributed by atoms with Crippen LogP contribution >= 0.6 is 0 Å². The van der Waals surface area contributed by atoms with Crippen molar-refractivity contribution in [2.75, 3.05) is 11.9 Å². The first-order chi connectivity index (χ1) is 15.2. The maximum absolute atomic E-state index is 13.0. The molecule has 32 heavy (non-hydrogen) atoms. The summed E-state index contributed by atoms with van der Waals surface area (Å²) < 4.78 is 44.3. The monoisotopic (exact) mass is 441 g/mol. The Morgan fingerprint density at radius 3 is 2.59 bits per heavy atom. The van der Waals surface area contributed by atoms with E-state index in [1.165, 1.54) is 24.3 Å². The Balaban J connectivity index is 1.66. The largest absolute Gasteiger partial charge is 0.482 e. The molecule has 2 heterocycles. The van der Waals surface area contributed by atoms with Crippen LogP contribution in [0.1, 0.15) is 38.8 Å². The predicted octanol–water partition coefficient (Wildman–Crippen LogP) is 4.26. The summed E-state index contributed by atoms with van der Waals surface area (Å²) in [6, 6.07) is 12.0. The van der Waals surface area contributed by atoms with E-state index in [-0.39, 0.29) is 18.1 Å². The maximum Gasteiger partial charge on any atom is 0.416 e. The summed E-state index contributed by atoms with van der Waals surface area (Å²) in [4.78, 5) is 28.8. The summed E-state index contributed by atoms with van der Waals surface area (Å²) in [5.74, 6) is -0.400. The predicted molar refractivity (Wildman–Crippen MR) is 110 cm³/mol. The fourth-order valence-corrected chi connectivity index (χ4v) is 3.40. The first-order valence-corrected chi connectivity index (χ1v) is 9.68. The molecule has 0 saturated carbocycles. The van der Waals surface area contributed by atoms with Gasteiger partial charge in [-0.2, -0.15) is 13.2 Å². The average Bonchev–Trinajstić information content (AvgIpc) is 2.77. The van der Waals surface area contributed by atoms with Crippen molar-refractivity contribution < 1.29 is 27.5 Å².